The maximum absolute atomic E-state index is 3.46. The summed E-state index contributed by atoms with van der Waals surface area (Å²) in [7, 11) is 4.20. The third-order valence-electron chi connectivity index (χ3n) is 2.24. The number of thiophene rings is 1. The summed E-state index contributed by atoms with van der Waals surface area (Å²) in [6.07, 6.45) is 1.15. The van der Waals surface area contributed by atoms with Crippen LogP contribution in [0.25, 0.3) is 0 Å². The molecule has 1 N–H and O–H groups in total. The first kappa shape index (κ1) is 11.7. The fourth-order valence-corrected chi connectivity index (χ4v) is 2.29. The van der Waals surface area contributed by atoms with Gasteiger partial charge in [0.05, 0.1) is 0 Å². The maximum atomic E-state index is 3.46. The van der Waals surface area contributed by atoms with Gasteiger partial charge in [-0.25, -0.2) is 0 Å². The van der Waals surface area contributed by atoms with E-state index in [2.05, 4.69) is 42.7 Å². The molecule has 80 valence electrons. The van der Waals surface area contributed by atoms with Crippen LogP contribution in [0.4, 0.5) is 0 Å². The van der Waals surface area contributed by atoms with Crippen LogP contribution < -0.4 is 5.32 Å². The third kappa shape index (κ3) is 3.78. The van der Waals surface area contributed by atoms with E-state index < -0.39 is 0 Å². The van der Waals surface area contributed by atoms with Gasteiger partial charge >= 0.3 is 0 Å². The second kappa shape index (κ2) is 6.17. The number of nitrogens with one attached hydrogen (secondary N) is 1. The zero-order valence-electron chi connectivity index (χ0n) is 9.34. The van der Waals surface area contributed by atoms with Gasteiger partial charge in [-0.1, -0.05) is 6.92 Å². The first-order chi connectivity index (χ1) is 6.74. The molecule has 0 bridgehead atoms. The smallest absolute Gasteiger partial charge is 0.0303 e. The number of hydrogen-bond donors (Lipinski definition) is 1. The normalized spacial score (nSPS) is 11.1. The molecule has 1 aromatic heterocycles. The topological polar surface area (TPSA) is 15.3 Å². The second-order valence-corrected chi connectivity index (χ2v) is 4.70. The molecule has 3 heteroatoms. The Balaban J connectivity index is 2.24. The van der Waals surface area contributed by atoms with E-state index in [1.807, 2.05) is 11.3 Å². The molecule has 0 spiro atoms. The van der Waals surface area contributed by atoms with E-state index in [0.717, 1.165) is 26.1 Å². The zero-order valence-corrected chi connectivity index (χ0v) is 10.2. The van der Waals surface area contributed by atoms with Crippen molar-refractivity contribution in [1.82, 2.24) is 10.2 Å². The van der Waals surface area contributed by atoms with Gasteiger partial charge in [-0.2, -0.15) is 0 Å². The van der Waals surface area contributed by atoms with Gasteiger partial charge in [0.1, 0.15) is 0 Å². The summed E-state index contributed by atoms with van der Waals surface area (Å²) in [5.74, 6) is 0. The number of likely N-dealkylation sites (N-methyl/N-ethyl adjacent to an activating group) is 1. The van der Waals surface area contributed by atoms with E-state index in [9.17, 15) is 0 Å². The first-order valence-electron chi connectivity index (χ1n) is 5.14. The van der Waals surface area contributed by atoms with Crippen molar-refractivity contribution in [3.63, 3.8) is 0 Å². The number of rotatable bonds is 6. The average molecular weight is 212 g/mol. The molecular weight excluding hydrogens is 192 g/mol. The third-order valence-corrected chi connectivity index (χ3v) is 3.20. The standard InChI is InChI=1S/C11H20N2S/c1-4-10-5-8-14-11(10)9-12-6-7-13(2)3/h5,8,12H,4,6-7,9H2,1-3H3. The largest absolute Gasteiger partial charge is 0.311 e. The van der Waals surface area contributed by atoms with Crippen LogP contribution in [-0.2, 0) is 13.0 Å². The van der Waals surface area contributed by atoms with Gasteiger partial charge in [-0.3, -0.25) is 0 Å². The van der Waals surface area contributed by atoms with Crippen molar-refractivity contribution in [1.29, 1.82) is 0 Å². The molecule has 0 amide bonds. The molecule has 0 aliphatic rings. The van der Waals surface area contributed by atoms with Crippen LogP contribution >= 0.6 is 11.3 Å². The van der Waals surface area contributed by atoms with Crippen LogP contribution in [0.5, 0.6) is 0 Å². The Bertz CT molecular complexity index is 256. The van der Waals surface area contributed by atoms with E-state index in [1.165, 1.54) is 10.4 Å². The minimum Gasteiger partial charge on any atom is -0.311 e. The highest BCUT2D eigenvalue weighted by Crippen LogP contribution is 2.16. The van der Waals surface area contributed by atoms with E-state index in [-0.39, 0.29) is 0 Å². The lowest BCUT2D eigenvalue weighted by Gasteiger charge is -2.10. The van der Waals surface area contributed by atoms with Crippen molar-refractivity contribution in [3.05, 3.63) is 21.9 Å². The Morgan fingerprint density at radius 2 is 2.21 bits per heavy atom. The molecule has 0 atom stereocenters. The number of nitrogens with zero attached hydrogens (tertiary/aromatic N) is 1. The first-order valence-corrected chi connectivity index (χ1v) is 6.02. The maximum Gasteiger partial charge on any atom is 0.0303 e. The Labute approximate surface area is 90.9 Å². The van der Waals surface area contributed by atoms with Crippen LogP contribution in [0.2, 0.25) is 0 Å². The summed E-state index contributed by atoms with van der Waals surface area (Å²) in [5, 5.41) is 5.64. The van der Waals surface area contributed by atoms with Gasteiger partial charge in [0.15, 0.2) is 0 Å². The lowest BCUT2D eigenvalue weighted by Crippen LogP contribution is -2.26. The molecule has 0 fully saturated rings. The van der Waals surface area contributed by atoms with Crippen molar-refractivity contribution in [2.24, 2.45) is 0 Å². The fraction of sp³-hybridized carbons (Fsp3) is 0.636. The highest BCUT2D eigenvalue weighted by Gasteiger charge is 2.00. The van der Waals surface area contributed by atoms with Crippen molar-refractivity contribution < 1.29 is 0 Å². The highest BCUT2D eigenvalue weighted by molar-refractivity contribution is 7.10. The molecule has 1 aromatic rings. The van der Waals surface area contributed by atoms with Crippen molar-refractivity contribution in [2.45, 2.75) is 19.9 Å². The van der Waals surface area contributed by atoms with Crippen molar-refractivity contribution >= 4 is 11.3 Å². The van der Waals surface area contributed by atoms with Crippen LogP contribution in [0.3, 0.4) is 0 Å². The summed E-state index contributed by atoms with van der Waals surface area (Å²) in [6.45, 7) is 5.40. The summed E-state index contributed by atoms with van der Waals surface area (Å²) in [6, 6.07) is 2.23. The van der Waals surface area contributed by atoms with Gasteiger partial charge in [0, 0.05) is 24.5 Å². The van der Waals surface area contributed by atoms with Gasteiger partial charge < -0.3 is 10.2 Å². The molecule has 0 aromatic carbocycles. The molecule has 0 aliphatic carbocycles. The van der Waals surface area contributed by atoms with Crippen LogP contribution in [0, 0.1) is 0 Å². The Kier molecular flexibility index (Phi) is 5.15. The average Bonchev–Trinajstić information content (AvgIpc) is 2.59. The van der Waals surface area contributed by atoms with Crippen LogP contribution in [0.1, 0.15) is 17.4 Å². The Morgan fingerprint density at radius 3 is 2.86 bits per heavy atom. The molecule has 0 unspecified atom stereocenters. The van der Waals surface area contributed by atoms with Gasteiger partial charge in [-0.15, -0.1) is 11.3 Å². The predicted octanol–water partition coefficient (Wildman–Crippen LogP) is 1.96. The van der Waals surface area contributed by atoms with Crippen LogP contribution in [0.15, 0.2) is 11.4 Å². The zero-order chi connectivity index (χ0) is 10.4. The Hall–Kier alpha value is -0.380. The summed E-state index contributed by atoms with van der Waals surface area (Å²) in [4.78, 5) is 3.69. The second-order valence-electron chi connectivity index (χ2n) is 3.70. The molecule has 1 rings (SSSR count). The quantitative estimate of drug-likeness (QED) is 0.725. The van der Waals surface area contributed by atoms with E-state index in [1.54, 1.807) is 0 Å². The predicted molar refractivity (Wildman–Crippen MR) is 64.0 cm³/mol. The molecule has 0 radical (unpaired) electrons. The lowest BCUT2D eigenvalue weighted by molar-refractivity contribution is 0.400. The van der Waals surface area contributed by atoms with Gasteiger partial charge in [0.2, 0.25) is 0 Å². The SMILES string of the molecule is CCc1ccsc1CNCCN(C)C. The highest BCUT2D eigenvalue weighted by atomic mass is 32.1. The fourth-order valence-electron chi connectivity index (χ4n) is 1.34. The van der Waals surface area contributed by atoms with Gasteiger partial charge in [-0.05, 0) is 37.5 Å². The number of aryl methyl sites for hydroxylation is 1. The summed E-state index contributed by atoms with van der Waals surface area (Å²) < 4.78 is 0. The monoisotopic (exact) mass is 212 g/mol. The van der Waals surface area contributed by atoms with Crippen molar-refractivity contribution in [2.75, 3.05) is 27.2 Å². The van der Waals surface area contributed by atoms with E-state index >= 15 is 0 Å². The van der Waals surface area contributed by atoms with E-state index in [0.29, 0.717) is 0 Å². The lowest BCUT2D eigenvalue weighted by atomic mass is 10.2. The minimum absolute atomic E-state index is 1.02. The van der Waals surface area contributed by atoms with Crippen molar-refractivity contribution in [3.8, 4) is 0 Å². The minimum atomic E-state index is 1.02. The van der Waals surface area contributed by atoms with E-state index in [4.69, 9.17) is 0 Å². The summed E-state index contributed by atoms with van der Waals surface area (Å²) in [5.41, 5.74) is 1.49. The summed E-state index contributed by atoms with van der Waals surface area (Å²) >= 11 is 1.86. The molecule has 0 aliphatic heterocycles. The molecular formula is C11H20N2S. The van der Waals surface area contributed by atoms with Crippen LogP contribution in [-0.4, -0.2) is 32.1 Å². The van der Waals surface area contributed by atoms with Gasteiger partial charge in [0.25, 0.3) is 0 Å². The molecule has 2 nitrogen and oxygen atoms in total. The Morgan fingerprint density at radius 1 is 1.43 bits per heavy atom. The molecule has 1 heterocycles. The molecule has 14 heavy (non-hydrogen) atoms. The molecule has 0 saturated carbocycles. The number of hydrogen-bond acceptors (Lipinski definition) is 3. The molecule has 0 saturated heterocycles.